The summed E-state index contributed by atoms with van der Waals surface area (Å²) in [5.41, 5.74) is 0. The summed E-state index contributed by atoms with van der Waals surface area (Å²) in [6.07, 6.45) is 4.08. The van der Waals surface area contributed by atoms with Gasteiger partial charge in [0.25, 0.3) is 0 Å². The van der Waals surface area contributed by atoms with Gasteiger partial charge in [-0.15, -0.1) is 0 Å². The number of aliphatic hydroxyl groups is 1. The standard InChI is InChI=1S/C11H23NO/c1-9-5-4-6-10(2)11(9)12(3)7-8-13/h9-11,13H,4-8H2,1-3H3. The van der Waals surface area contributed by atoms with Crippen molar-refractivity contribution >= 4 is 0 Å². The third-order valence-corrected chi connectivity index (χ3v) is 3.45. The zero-order chi connectivity index (χ0) is 9.84. The van der Waals surface area contributed by atoms with E-state index in [1.807, 2.05) is 0 Å². The molecule has 0 saturated heterocycles. The maximum atomic E-state index is 8.90. The highest BCUT2D eigenvalue weighted by atomic mass is 16.3. The van der Waals surface area contributed by atoms with Gasteiger partial charge < -0.3 is 10.0 Å². The number of hydrogen-bond acceptors (Lipinski definition) is 2. The molecule has 13 heavy (non-hydrogen) atoms. The lowest BCUT2D eigenvalue weighted by Crippen LogP contribution is -2.45. The summed E-state index contributed by atoms with van der Waals surface area (Å²) in [6, 6.07) is 0.681. The molecule has 2 unspecified atom stereocenters. The summed E-state index contributed by atoms with van der Waals surface area (Å²) in [4.78, 5) is 2.33. The second kappa shape index (κ2) is 4.97. The lowest BCUT2D eigenvalue weighted by molar-refractivity contribution is 0.0761. The van der Waals surface area contributed by atoms with Crippen LogP contribution in [0.15, 0.2) is 0 Å². The second-order valence-electron chi connectivity index (χ2n) is 4.58. The monoisotopic (exact) mass is 185 g/mol. The summed E-state index contributed by atoms with van der Waals surface area (Å²) in [6.45, 7) is 5.79. The van der Waals surface area contributed by atoms with Crippen LogP contribution >= 0.6 is 0 Å². The quantitative estimate of drug-likeness (QED) is 0.724. The van der Waals surface area contributed by atoms with Crippen LogP contribution in [0.3, 0.4) is 0 Å². The van der Waals surface area contributed by atoms with Gasteiger partial charge in [0.15, 0.2) is 0 Å². The molecule has 0 heterocycles. The van der Waals surface area contributed by atoms with Gasteiger partial charge in [-0.2, -0.15) is 0 Å². The summed E-state index contributed by atoms with van der Waals surface area (Å²) in [7, 11) is 2.14. The number of aliphatic hydroxyl groups excluding tert-OH is 1. The molecule has 1 saturated carbocycles. The van der Waals surface area contributed by atoms with Crippen LogP contribution in [0.25, 0.3) is 0 Å². The van der Waals surface area contributed by atoms with Crippen molar-refractivity contribution in [3.05, 3.63) is 0 Å². The maximum Gasteiger partial charge on any atom is 0.0558 e. The molecule has 0 aliphatic heterocycles. The first-order chi connectivity index (χ1) is 6.16. The second-order valence-corrected chi connectivity index (χ2v) is 4.58. The summed E-state index contributed by atoms with van der Waals surface area (Å²) < 4.78 is 0. The van der Waals surface area contributed by atoms with E-state index in [9.17, 15) is 0 Å². The van der Waals surface area contributed by atoms with Crippen molar-refractivity contribution in [3.8, 4) is 0 Å². The van der Waals surface area contributed by atoms with E-state index < -0.39 is 0 Å². The first kappa shape index (κ1) is 11.0. The van der Waals surface area contributed by atoms with Crippen molar-refractivity contribution in [1.82, 2.24) is 4.90 Å². The minimum absolute atomic E-state index is 0.284. The molecule has 0 aromatic heterocycles. The predicted molar refractivity (Wildman–Crippen MR) is 55.7 cm³/mol. The minimum Gasteiger partial charge on any atom is -0.395 e. The molecule has 0 spiro atoms. The lowest BCUT2D eigenvalue weighted by atomic mass is 9.78. The molecular weight excluding hydrogens is 162 g/mol. The molecule has 0 radical (unpaired) electrons. The van der Waals surface area contributed by atoms with Gasteiger partial charge in [-0.3, -0.25) is 0 Å². The maximum absolute atomic E-state index is 8.90. The topological polar surface area (TPSA) is 23.5 Å². The molecular formula is C11H23NO. The van der Waals surface area contributed by atoms with E-state index in [2.05, 4.69) is 25.8 Å². The Morgan fingerprint density at radius 3 is 2.23 bits per heavy atom. The Kier molecular flexibility index (Phi) is 4.20. The van der Waals surface area contributed by atoms with Crippen LogP contribution in [0.1, 0.15) is 33.1 Å². The van der Waals surface area contributed by atoms with Crippen molar-refractivity contribution in [3.63, 3.8) is 0 Å². The Balaban J connectivity index is 2.51. The van der Waals surface area contributed by atoms with Gasteiger partial charge in [-0.25, -0.2) is 0 Å². The Morgan fingerprint density at radius 2 is 1.77 bits per heavy atom. The van der Waals surface area contributed by atoms with E-state index in [1.165, 1.54) is 19.3 Å². The van der Waals surface area contributed by atoms with Gasteiger partial charge in [0, 0.05) is 12.6 Å². The summed E-state index contributed by atoms with van der Waals surface area (Å²) in [5.74, 6) is 1.58. The van der Waals surface area contributed by atoms with Gasteiger partial charge in [0.05, 0.1) is 6.61 Å². The van der Waals surface area contributed by atoms with Crippen molar-refractivity contribution in [2.45, 2.75) is 39.2 Å². The van der Waals surface area contributed by atoms with E-state index in [4.69, 9.17) is 5.11 Å². The van der Waals surface area contributed by atoms with Crippen molar-refractivity contribution in [2.24, 2.45) is 11.8 Å². The van der Waals surface area contributed by atoms with Crippen LogP contribution in [0.5, 0.6) is 0 Å². The van der Waals surface area contributed by atoms with Crippen LogP contribution in [0, 0.1) is 11.8 Å². The molecule has 2 atom stereocenters. The lowest BCUT2D eigenvalue weighted by Gasteiger charge is -2.40. The minimum atomic E-state index is 0.284. The van der Waals surface area contributed by atoms with Crippen molar-refractivity contribution < 1.29 is 5.11 Å². The Bertz CT molecular complexity index is 139. The molecule has 1 N–H and O–H groups in total. The fraction of sp³-hybridized carbons (Fsp3) is 1.00. The van der Waals surface area contributed by atoms with Gasteiger partial charge in [0.1, 0.15) is 0 Å². The normalized spacial score (nSPS) is 35.3. The van der Waals surface area contributed by atoms with Gasteiger partial charge >= 0.3 is 0 Å². The fourth-order valence-corrected chi connectivity index (χ4v) is 2.84. The van der Waals surface area contributed by atoms with Crippen LogP contribution < -0.4 is 0 Å². The number of rotatable bonds is 3. The smallest absolute Gasteiger partial charge is 0.0558 e. The highest BCUT2D eigenvalue weighted by molar-refractivity contribution is 4.84. The van der Waals surface area contributed by atoms with E-state index in [-0.39, 0.29) is 6.61 Å². The molecule has 0 bridgehead atoms. The van der Waals surface area contributed by atoms with Gasteiger partial charge in [-0.1, -0.05) is 20.3 Å². The van der Waals surface area contributed by atoms with E-state index in [0.29, 0.717) is 6.04 Å². The van der Waals surface area contributed by atoms with Crippen LogP contribution in [-0.2, 0) is 0 Å². The Morgan fingerprint density at radius 1 is 1.23 bits per heavy atom. The fourth-order valence-electron chi connectivity index (χ4n) is 2.84. The van der Waals surface area contributed by atoms with E-state index in [1.54, 1.807) is 0 Å². The molecule has 2 nitrogen and oxygen atoms in total. The summed E-state index contributed by atoms with van der Waals surface area (Å²) >= 11 is 0. The zero-order valence-electron chi connectivity index (χ0n) is 9.16. The zero-order valence-corrected chi connectivity index (χ0v) is 9.16. The molecule has 0 amide bonds. The molecule has 78 valence electrons. The summed E-state index contributed by atoms with van der Waals surface area (Å²) in [5, 5.41) is 8.90. The van der Waals surface area contributed by atoms with E-state index >= 15 is 0 Å². The van der Waals surface area contributed by atoms with Gasteiger partial charge in [0.2, 0.25) is 0 Å². The Labute approximate surface area is 81.9 Å². The van der Waals surface area contributed by atoms with Crippen LogP contribution in [0.2, 0.25) is 0 Å². The molecule has 1 aliphatic rings. The highest BCUT2D eigenvalue weighted by Gasteiger charge is 2.30. The SMILES string of the molecule is CC1CCCC(C)C1N(C)CCO. The molecule has 0 aromatic carbocycles. The molecule has 1 fully saturated rings. The number of hydrogen-bond donors (Lipinski definition) is 1. The molecule has 0 aromatic rings. The van der Waals surface area contributed by atoms with Crippen molar-refractivity contribution in [2.75, 3.05) is 20.2 Å². The largest absolute Gasteiger partial charge is 0.395 e. The van der Waals surface area contributed by atoms with E-state index in [0.717, 1.165) is 18.4 Å². The molecule has 2 heteroatoms. The van der Waals surface area contributed by atoms with Crippen molar-refractivity contribution in [1.29, 1.82) is 0 Å². The van der Waals surface area contributed by atoms with Gasteiger partial charge in [-0.05, 0) is 31.7 Å². The first-order valence-corrected chi connectivity index (χ1v) is 5.48. The molecule has 1 aliphatic carbocycles. The average molecular weight is 185 g/mol. The average Bonchev–Trinajstić information content (AvgIpc) is 2.04. The number of likely N-dealkylation sites (N-methyl/N-ethyl adjacent to an activating group) is 1. The third kappa shape index (κ3) is 2.68. The van der Waals surface area contributed by atoms with Crippen LogP contribution in [0.4, 0.5) is 0 Å². The number of nitrogens with zero attached hydrogens (tertiary/aromatic N) is 1. The molecule has 1 rings (SSSR count). The predicted octanol–water partition coefficient (Wildman–Crippen LogP) is 1.74. The highest BCUT2D eigenvalue weighted by Crippen LogP contribution is 2.31. The van der Waals surface area contributed by atoms with Crippen LogP contribution in [-0.4, -0.2) is 36.2 Å². The Hall–Kier alpha value is -0.0800. The third-order valence-electron chi connectivity index (χ3n) is 3.45. The first-order valence-electron chi connectivity index (χ1n) is 5.48.